The van der Waals surface area contributed by atoms with Crippen molar-refractivity contribution in [2.75, 3.05) is 31.1 Å². The fourth-order valence-corrected chi connectivity index (χ4v) is 6.98. The van der Waals surface area contributed by atoms with Gasteiger partial charge in [0.1, 0.15) is 0 Å². The van der Waals surface area contributed by atoms with Gasteiger partial charge in [-0.15, -0.1) is 0 Å². The Morgan fingerprint density at radius 1 is 1.24 bits per heavy atom. The molecule has 0 radical (unpaired) electrons. The van der Waals surface area contributed by atoms with Gasteiger partial charge in [0.25, 0.3) is 5.91 Å². The van der Waals surface area contributed by atoms with Gasteiger partial charge in [0, 0.05) is 17.8 Å². The van der Waals surface area contributed by atoms with Crippen LogP contribution in [0.3, 0.4) is 0 Å². The van der Waals surface area contributed by atoms with E-state index in [0.717, 1.165) is 44.3 Å². The number of hydrogen-bond donors (Lipinski definition) is 1. The van der Waals surface area contributed by atoms with Crippen molar-refractivity contribution in [1.29, 1.82) is 0 Å². The van der Waals surface area contributed by atoms with Crippen LogP contribution in [0, 0.1) is 12.8 Å². The van der Waals surface area contributed by atoms with Gasteiger partial charge in [-0.1, -0.05) is 31.0 Å². The van der Waals surface area contributed by atoms with Gasteiger partial charge in [-0.25, -0.2) is 8.42 Å². The smallest absolute Gasteiger partial charge is 0.252 e. The first kappa shape index (κ1) is 22.6. The van der Waals surface area contributed by atoms with Gasteiger partial charge >= 0.3 is 0 Å². The lowest BCUT2D eigenvalue weighted by molar-refractivity contribution is -0.0276. The third-order valence-electron chi connectivity index (χ3n) is 6.32. The molecule has 1 saturated carbocycles. The van der Waals surface area contributed by atoms with Crippen LogP contribution in [-0.4, -0.2) is 55.9 Å². The summed E-state index contributed by atoms with van der Waals surface area (Å²) in [4.78, 5) is 15.2. The van der Waals surface area contributed by atoms with Crippen molar-refractivity contribution in [3.63, 3.8) is 0 Å². The number of amides is 1. The molecule has 1 aromatic carbocycles. The number of halogens is 1. The summed E-state index contributed by atoms with van der Waals surface area (Å²) in [6.45, 7) is 6.44. The van der Waals surface area contributed by atoms with E-state index in [4.69, 9.17) is 11.6 Å². The van der Waals surface area contributed by atoms with Gasteiger partial charge in [-0.05, 0) is 75.7 Å². The zero-order valence-electron chi connectivity index (χ0n) is 17.5. The lowest BCUT2D eigenvalue weighted by atomic mass is 9.67. The van der Waals surface area contributed by atoms with E-state index in [1.165, 1.54) is 6.42 Å². The third-order valence-corrected chi connectivity index (χ3v) is 8.64. The van der Waals surface area contributed by atoms with E-state index < -0.39 is 9.84 Å². The fourth-order valence-electron chi connectivity index (χ4n) is 4.91. The predicted octanol–water partition coefficient (Wildman–Crippen LogP) is 3.84. The van der Waals surface area contributed by atoms with E-state index in [1.807, 2.05) is 19.9 Å². The first-order chi connectivity index (χ1) is 13.7. The first-order valence-electron chi connectivity index (χ1n) is 10.7. The van der Waals surface area contributed by atoms with Crippen LogP contribution in [0.2, 0.25) is 5.02 Å². The molecular weight excluding hydrogens is 408 g/mol. The number of rotatable bonds is 8. The molecule has 1 aromatic rings. The van der Waals surface area contributed by atoms with E-state index in [-0.39, 0.29) is 28.9 Å². The summed E-state index contributed by atoms with van der Waals surface area (Å²) in [5.74, 6) is 0.568. The van der Waals surface area contributed by atoms with E-state index in [0.29, 0.717) is 23.6 Å². The molecule has 0 atom stereocenters. The topological polar surface area (TPSA) is 66.5 Å². The fraction of sp³-hybridized carbons (Fsp3) is 0.682. The molecule has 2 fully saturated rings. The molecule has 1 aliphatic heterocycles. The number of nitrogens with one attached hydrogen (secondary N) is 1. The van der Waals surface area contributed by atoms with Crippen LogP contribution in [0.25, 0.3) is 0 Å². The molecule has 1 amide bonds. The highest BCUT2D eigenvalue weighted by Gasteiger charge is 2.49. The Kier molecular flexibility index (Phi) is 7.28. The van der Waals surface area contributed by atoms with Crippen molar-refractivity contribution >= 4 is 27.3 Å². The van der Waals surface area contributed by atoms with Crippen LogP contribution in [0.1, 0.15) is 61.4 Å². The van der Waals surface area contributed by atoms with Gasteiger partial charge in [-0.2, -0.15) is 0 Å². The summed E-state index contributed by atoms with van der Waals surface area (Å²) in [5, 5.41) is 3.56. The molecule has 0 aromatic heterocycles. The Morgan fingerprint density at radius 2 is 1.93 bits per heavy atom. The quantitative estimate of drug-likeness (QED) is 0.666. The number of aryl methyl sites for hydroxylation is 1. The Bertz CT molecular complexity index is 828. The number of nitrogens with zero attached hydrogens (tertiary/aromatic N) is 1. The van der Waals surface area contributed by atoms with Crippen molar-refractivity contribution in [3.05, 3.63) is 34.3 Å². The number of benzene rings is 1. The average molecular weight is 441 g/mol. The summed E-state index contributed by atoms with van der Waals surface area (Å²) in [5.41, 5.74) is 1.39. The standard InChI is InChI=1S/C22H33ClN2O3S/c1-3-11-29(27,28)15-18-13-22(14-18,25-9-5-4-6-10-25)16-24-21(26)19-8-7-17(2)12-20(19)23/h7-8,12,18H,3-6,9-11,13-16H2,1-2H3,(H,24,26). The van der Waals surface area contributed by atoms with Crippen molar-refractivity contribution in [3.8, 4) is 0 Å². The van der Waals surface area contributed by atoms with Crippen LogP contribution in [-0.2, 0) is 9.84 Å². The third kappa shape index (κ3) is 5.53. The summed E-state index contributed by atoms with van der Waals surface area (Å²) in [7, 11) is -2.98. The largest absolute Gasteiger partial charge is 0.350 e. The van der Waals surface area contributed by atoms with Crippen molar-refractivity contribution in [2.45, 2.75) is 57.9 Å². The average Bonchev–Trinajstić information content (AvgIpc) is 2.63. The molecule has 7 heteroatoms. The van der Waals surface area contributed by atoms with Crippen LogP contribution < -0.4 is 5.32 Å². The molecule has 0 unspecified atom stereocenters. The van der Waals surface area contributed by atoms with Crippen LogP contribution >= 0.6 is 11.6 Å². The Balaban J connectivity index is 1.66. The maximum atomic E-state index is 12.7. The lowest BCUT2D eigenvalue weighted by Crippen LogP contribution is -2.64. The number of piperidine rings is 1. The first-order valence-corrected chi connectivity index (χ1v) is 12.9. The molecule has 5 nitrogen and oxygen atoms in total. The molecule has 1 saturated heterocycles. The van der Waals surface area contributed by atoms with Gasteiger partial charge in [0.15, 0.2) is 9.84 Å². The highest BCUT2D eigenvalue weighted by molar-refractivity contribution is 7.91. The van der Waals surface area contributed by atoms with Gasteiger partial charge < -0.3 is 5.32 Å². The molecule has 162 valence electrons. The van der Waals surface area contributed by atoms with Crippen molar-refractivity contribution in [1.82, 2.24) is 10.2 Å². The van der Waals surface area contributed by atoms with Gasteiger partial charge in [0.05, 0.1) is 16.3 Å². The molecule has 3 rings (SSSR count). The number of likely N-dealkylation sites (tertiary alicyclic amines) is 1. The Morgan fingerprint density at radius 3 is 2.55 bits per heavy atom. The maximum Gasteiger partial charge on any atom is 0.252 e. The van der Waals surface area contributed by atoms with Crippen LogP contribution in [0.15, 0.2) is 18.2 Å². The normalized spacial score (nSPS) is 25.4. The molecule has 1 aliphatic carbocycles. The van der Waals surface area contributed by atoms with Crippen LogP contribution in [0.5, 0.6) is 0 Å². The number of hydrogen-bond acceptors (Lipinski definition) is 4. The zero-order valence-corrected chi connectivity index (χ0v) is 19.1. The molecule has 2 aliphatic rings. The summed E-state index contributed by atoms with van der Waals surface area (Å²) >= 11 is 6.26. The molecule has 0 bridgehead atoms. The molecule has 0 spiro atoms. The maximum absolute atomic E-state index is 12.7. The van der Waals surface area contributed by atoms with Crippen molar-refractivity contribution < 1.29 is 13.2 Å². The zero-order chi connectivity index (χ0) is 21.1. The highest BCUT2D eigenvalue weighted by atomic mass is 35.5. The van der Waals surface area contributed by atoms with Crippen LogP contribution in [0.4, 0.5) is 0 Å². The van der Waals surface area contributed by atoms with Gasteiger partial charge in [-0.3, -0.25) is 9.69 Å². The molecule has 29 heavy (non-hydrogen) atoms. The highest BCUT2D eigenvalue weighted by Crippen LogP contribution is 2.44. The summed E-state index contributed by atoms with van der Waals surface area (Å²) in [6.07, 6.45) is 5.90. The lowest BCUT2D eigenvalue weighted by Gasteiger charge is -2.55. The van der Waals surface area contributed by atoms with E-state index in [2.05, 4.69) is 10.2 Å². The molecular formula is C22H33ClN2O3S. The van der Waals surface area contributed by atoms with Gasteiger partial charge in [0.2, 0.25) is 0 Å². The number of sulfone groups is 1. The second kappa shape index (κ2) is 9.36. The number of carbonyl (C=O) groups is 1. The second-order valence-electron chi connectivity index (χ2n) is 8.83. The molecule has 1 heterocycles. The summed E-state index contributed by atoms with van der Waals surface area (Å²) < 4.78 is 24.5. The SMILES string of the molecule is CCCS(=O)(=O)CC1CC(CNC(=O)c2ccc(C)cc2Cl)(N2CCCCC2)C1. The van der Waals surface area contributed by atoms with E-state index >= 15 is 0 Å². The summed E-state index contributed by atoms with van der Waals surface area (Å²) in [6, 6.07) is 5.45. The predicted molar refractivity (Wildman–Crippen MR) is 118 cm³/mol. The number of carbonyl (C=O) groups excluding carboxylic acids is 1. The minimum atomic E-state index is -2.98. The molecule has 1 N–H and O–H groups in total. The van der Waals surface area contributed by atoms with Crippen molar-refractivity contribution in [2.24, 2.45) is 5.92 Å². The monoisotopic (exact) mass is 440 g/mol. The second-order valence-corrected chi connectivity index (χ2v) is 11.5. The minimum absolute atomic E-state index is 0.125. The Labute approximate surface area is 180 Å². The minimum Gasteiger partial charge on any atom is -0.350 e. The van der Waals surface area contributed by atoms with E-state index in [1.54, 1.807) is 12.1 Å². The Hall–Kier alpha value is -1.11. The van der Waals surface area contributed by atoms with E-state index in [9.17, 15) is 13.2 Å².